The number of carbonyl (C=O) groups excluding carboxylic acids is 2. The molecule has 0 saturated heterocycles. The fourth-order valence-corrected chi connectivity index (χ4v) is 3.24. The molecule has 0 fully saturated rings. The molecule has 0 aliphatic heterocycles. The van der Waals surface area contributed by atoms with Gasteiger partial charge in [-0.15, -0.1) is 0 Å². The first-order valence-corrected chi connectivity index (χ1v) is 10.2. The highest BCUT2D eigenvalue weighted by Gasteiger charge is 2.29. The lowest BCUT2D eigenvalue weighted by molar-refractivity contribution is -0.132. The van der Waals surface area contributed by atoms with Crippen LogP contribution in [0.4, 0.5) is 23.4 Å². The van der Waals surface area contributed by atoms with Crippen LogP contribution in [0, 0.1) is 23.3 Å². The summed E-state index contributed by atoms with van der Waals surface area (Å²) in [7, 11) is 0. The molecule has 3 rings (SSSR count). The molecule has 34 heavy (non-hydrogen) atoms. The largest absolute Gasteiger partial charge is 0.378 e. The van der Waals surface area contributed by atoms with Crippen LogP contribution in [-0.4, -0.2) is 33.2 Å². The van der Waals surface area contributed by atoms with Crippen LogP contribution >= 0.6 is 0 Å². The van der Waals surface area contributed by atoms with Gasteiger partial charge < -0.3 is 15.7 Å². The first-order valence-electron chi connectivity index (χ1n) is 10.2. The van der Waals surface area contributed by atoms with E-state index in [1.165, 1.54) is 25.1 Å². The molecule has 7 nitrogen and oxygen atoms in total. The molecule has 0 bridgehead atoms. The number of carbonyl (C=O) groups is 2. The van der Waals surface area contributed by atoms with E-state index in [1.807, 2.05) is 0 Å². The van der Waals surface area contributed by atoms with Crippen LogP contribution < -0.4 is 10.6 Å². The molecule has 0 spiro atoms. The van der Waals surface area contributed by atoms with Crippen molar-refractivity contribution in [2.45, 2.75) is 38.3 Å². The van der Waals surface area contributed by atoms with E-state index in [4.69, 9.17) is 0 Å². The van der Waals surface area contributed by atoms with Gasteiger partial charge in [0.2, 0.25) is 5.91 Å². The number of aliphatic hydroxyl groups excluding tert-OH is 1. The van der Waals surface area contributed by atoms with Crippen molar-refractivity contribution in [1.82, 2.24) is 15.5 Å². The molecule has 0 radical (unpaired) electrons. The topological polar surface area (TPSA) is 107 Å². The smallest absolute Gasteiger partial charge is 0.254 e. The molecular formula is C23H22F4N4O3. The van der Waals surface area contributed by atoms with E-state index in [0.29, 0.717) is 11.3 Å². The average Bonchev–Trinajstić information content (AvgIpc) is 3.23. The van der Waals surface area contributed by atoms with E-state index < -0.39 is 58.2 Å². The number of benzene rings is 2. The minimum absolute atomic E-state index is 0.141. The predicted molar refractivity (Wildman–Crippen MR) is 115 cm³/mol. The molecule has 3 aromatic rings. The van der Waals surface area contributed by atoms with E-state index >= 15 is 0 Å². The number of hydrogen-bond donors (Lipinski definition) is 4. The third-order valence-corrected chi connectivity index (χ3v) is 5.34. The third kappa shape index (κ3) is 5.25. The number of rotatable bonds is 7. The van der Waals surface area contributed by atoms with Crippen LogP contribution in [0.3, 0.4) is 0 Å². The standard InChI is InChI=1S/C23H22F4N4O3/c1-11(28-22(34)20(32)15-5-4-6-16(26)19(15)27)21(33)29-18-10-17(30-31-18)23(2,3)12-7-13(24)9-14(25)8-12/h4-11,20,32H,1-3H3,(H,28,34)(H2,29,30,31,33). The molecule has 0 aliphatic carbocycles. The molecule has 4 N–H and O–H groups in total. The fraction of sp³-hybridized carbons (Fsp3) is 0.261. The highest BCUT2D eigenvalue weighted by molar-refractivity contribution is 5.97. The zero-order chi connectivity index (χ0) is 25.2. The number of nitrogens with zero attached hydrogens (tertiary/aromatic N) is 1. The predicted octanol–water partition coefficient (Wildman–Crippen LogP) is 3.47. The van der Waals surface area contributed by atoms with Gasteiger partial charge in [0.15, 0.2) is 17.7 Å². The second-order valence-corrected chi connectivity index (χ2v) is 8.22. The molecule has 2 atom stereocenters. The van der Waals surface area contributed by atoms with Crippen LogP contribution in [0.25, 0.3) is 0 Å². The number of aliphatic hydroxyl groups is 1. The maximum atomic E-state index is 13.8. The Morgan fingerprint density at radius 3 is 2.32 bits per heavy atom. The first-order chi connectivity index (χ1) is 15.9. The van der Waals surface area contributed by atoms with Gasteiger partial charge in [0, 0.05) is 23.1 Å². The van der Waals surface area contributed by atoms with Crippen LogP contribution in [-0.2, 0) is 15.0 Å². The van der Waals surface area contributed by atoms with E-state index in [2.05, 4.69) is 20.8 Å². The fourth-order valence-electron chi connectivity index (χ4n) is 3.24. The SMILES string of the molecule is CC(NC(=O)C(O)c1cccc(F)c1F)C(=O)Nc1cc(C(C)(C)c2cc(F)cc(F)c2)n[nH]1. The summed E-state index contributed by atoms with van der Waals surface area (Å²) in [6.07, 6.45) is -2.03. The van der Waals surface area contributed by atoms with Crippen molar-refractivity contribution in [3.63, 3.8) is 0 Å². The Bertz CT molecular complexity index is 1210. The summed E-state index contributed by atoms with van der Waals surface area (Å²) in [4.78, 5) is 24.7. The van der Waals surface area contributed by atoms with Crippen molar-refractivity contribution in [1.29, 1.82) is 0 Å². The second kappa shape index (κ2) is 9.64. The molecule has 0 saturated carbocycles. The van der Waals surface area contributed by atoms with Crippen molar-refractivity contribution in [2.24, 2.45) is 0 Å². The van der Waals surface area contributed by atoms with E-state index in [9.17, 15) is 32.3 Å². The van der Waals surface area contributed by atoms with Crippen LogP contribution in [0.5, 0.6) is 0 Å². The minimum Gasteiger partial charge on any atom is -0.378 e. The van der Waals surface area contributed by atoms with Crippen LogP contribution in [0.1, 0.15) is 43.7 Å². The number of aromatic nitrogens is 2. The number of halogens is 4. The second-order valence-electron chi connectivity index (χ2n) is 8.22. The van der Waals surface area contributed by atoms with Gasteiger partial charge in [0.1, 0.15) is 23.5 Å². The van der Waals surface area contributed by atoms with Gasteiger partial charge >= 0.3 is 0 Å². The lowest BCUT2D eigenvalue weighted by atomic mass is 9.81. The molecule has 180 valence electrons. The van der Waals surface area contributed by atoms with Gasteiger partial charge in [0.25, 0.3) is 5.91 Å². The number of hydrogen-bond acceptors (Lipinski definition) is 4. The van der Waals surface area contributed by atoms with Gasteiger partial charge in [-0.3, -0.25) is 14.7 Å². The Morgan fingerprint density at radius 2 is 1.68 bits per heavy atom. The number of H-pyrrole nitrogens is 1. The molecule has 11 heteroatoms. The molecule has 2 aromatic carbocycles. The van der Waals surface area contributed by atoms with Crippen molar-refractivity contribution < 1.29 is 32.3 Å². The van der Waals surface area contributed by atoms with Crippen molar-refractivity contribution >= 4 is 17.6 Å². The average molecular weight is 478 g/mol. The van der Waals surface area contributed by atoms with E-state index in [0.717, 1.165) is 24.3 Å². The normalized spacial score (nSPS) is 13.3. The monoisotopic (exact) mass is 478 g/mol. The molecule has 2 unspecified atom stereocenters. The summed E-state index contributed by atoms with van der Waals surface area (Å²) in [5, 5.41) is 21.4. The minimum atomic E-state index is -2.03. The zero-order valence-corrected chi connectivity index (χ0v) is 18.4. The quantitative estimate of drug-likeness (QED) is 0.390. The highest BCUT2D eigenvalue weighted by Crippen LogP contribution is 2.32. The lowest BCUT2D eigenvalue weighted by Crippen LogP contribution is -2.43. The van der Waals surface area contributed by atoms with Crippen molar-refractivity contribution in [3.05, 3.63) is 82.6 Å². The summed E-state index contributed by atoms with van der Waals surface area (Å²) in [5.74, 6) is -5.74. The number of nitrogens with one attached hydrogen (secondary N) is 3. The van der Waals surface area contributed by atoms with Crippen LogP contribution in [0.2, 0.25) is 0 Å². The number of anilines is 1. The Morgan fingerprint density at radius 1 is 1.03 bits per heavy atom. The lowest BCUT2D eigenvalue weighted by Gasteiger charge is -2.23. The van der Waals surface area contributed by atoms with Crippen molar-refractivity contribution in [2.75, 3.05) is 5.32 Å². The maximum Gasteiger partial charge on any atom is 0.254 e. The molecular weight excluding hydrogens is 456 g/mol. The summed E-state index contributed by atoms with van der Waals surface area (Å²) < 4.78 is 54.4. The summed E-state index contributed by atoms with van der Waals surface area (Å²) >= 11 is 0. The van der Waals surface area contributed by atoms with Crippen LogP contribution in [0.15, 0.2) is 42.5 Å². The molecule has 1 heterocycles. The number of amides is 2. The summed E-state index contributed by atoms with van der Waals surface area (Å²) in [5.41, 5.74) is -0.782. The van der Waals surface area contributed by atoms with E-state index in [1.54, 1.807) is 13.8 Å². The van der Waals surface area contributed by atoms with E-state index in [-0.39, 0.29) is 5.82 Å². The Kier molecular flexibility index (Phi) is 7.06. The van der Waals surface area contributed by atoms with Gasteiger partial charge in [-0.05, 0) is 30.7 Å². The summed E-state index contributed by atoms with van der Waals surface area (Å²) in [6.45, 7) is 4.70. The highest BCUT2D eigenvalue weighted by atomic mass is 19.2. The van der Waals surface area contributed by atoms with Gasteiger partial charge in [-0.1, -0.05) is 26.0 Å². The Balaban J connectivity index is 1.67. The maximum absolute atomic E-state index is 13.8. The number of aromatic amines is 1. The van der Waals surface area contributed by atoms with Gasteiger partial charge in [-0.25, -0.2) is 17.6 Å². The zero-order valence-electron chi connectivity index (χ0n) is 18.4. The van der Waals surface area contributed by atoms with Gasteiger partial charge in [-0.2, -0.15) is 5.10 Å². The Hall–Kier alpha value is -3.73. The molecule has 0 aliphatic rings. The van der Waals surface area contributed by atoms with Crippen molar-refractivity contribution in [3.8, 4) is 0 Å². The first kappa shape index (κ1) is 24.9. The third-order valence-electron chi connectivity index (χ3n) is 5.34. The molecule has 1 aromatic heterocycles. The molecule has 2 amide bonds. The Labute approximate surface area is 192 Å². The van der Waals surface area contributed by atoms with Gasteiger partial charge in [0.05, 0.1) is 5.69 Å². The summed E-state index contributed by atoms with van der Waals surface area (Å²) in [6, 6.07) is 6.43.